The summed E-state index contributed by atoms with van der Waals surface area (Å²) in [5, 5.41) is 6.63. The van der Waals surface area contributed by atoms with Crippen molar-refractivity contribution in [2.45, 2.75) is 38.5 Å². The summed E-state index contributed by atoms with van der Waals surface area (Å²) in [4.78, 5) is 14.0. The van der Waals surface area contributed by atoms with Gasteiger partial charge in [0.25, 0.3) is 0 Å². The second-order valence-electron chi connectivity index (χ2n) is 5.94. The van der Waals surface area contributed by atoms with Crippen molar-refractivity contribution < 1.29 is 18.1 Å². The Morgan fingerprint density at radius 3 is 3.13 bits per heavy atom. The second-order valence-corrected chi connectivity index (χ2v) is 5.94. The second kappa shape index (κ2) is 6.95. The summed E-state index contributed by atoms with van der Waals surface area (Å²) in [6.45, 7) is 3.22. The molecule has 2 atom stereocenters. The lowest BCUT2D eigenvalue weighted by Gasteiger charge is -2.23. The molecule has 0 aromatic carbocycles. The first-order valence-electron chi connectivity index (χ1n) is 7.68. The smallest absolute Gasteiger partial charge is 0.224 e. The monoisotopic (exact) mass is 321 g/mol. The Balaban J connectivity index is 1.53. The van der Waals surface area contributed by atoms with Gasteiger partial charge in [-0.15, -0.1) is 0 Å². The van der Waals surface area contributed by atoms with Crippen LogP contribution in [0.5, 0.6) is 0 Å². The topological polar surface area (TPSA) is 71.5 Å². The zero-order valence-electron chi connectivity index (χ0n) is 13.0. The van der Waals surface area contributed by atoms with Crippen molar-refractivity contribution in [3.8, 4) is 0 Å². The maximum Gasteiger partial charge on any atom is 0.224 e. The number of halogens is 1. The van der Waals surface area contributed by atoms with Crippen LogP contribution >= 0.6 is 0 Å². The van der Waals surface area contributed by atoms with Crippen molar-refractivity contribution in [3.63, 3.8) is 0 Å². The van der Waals surface area contributed by atoms with Crippen molar-refractivity contribution in [2.75, 3.05) is 13.1 Å². The predicted octanol–water partition coefficient (Wildman–Crippen LogP) is 1.85. The predicted molar refractivity (Wildman–Crippen MR) is 80.4 cm³/mol. The normalized spacial score (nSPS) is 21.7. The molecule has 1 saturated heterocycles. The van der Waals surface area contributed by atoms with Gasteiger partial charge in [-0.1, -0.05) is 5.16 Å². The molecule has 0 aliphatic carbocycles. The third-order valence-corrected chi connectivity index (χ3v) is 4.18. The lowest BCUT2D eigenvalue weighted by atomic mass is 10.2. The molecule has 1 fully saturated rings. The molecule has 6 nitrogen and oxygen atoms in total. The molecular weight excluding hydrogens is 301 g/mol. The third-order valence-electron chi connectivity index (χ3n) is 4.18. The third kappa shape index (κ3) is 3.98. The van der Waals surface area contributed by atoms with Gasteiger partial charge in [0.1, 0.15) is 11.9 Å². The zero-order valence-corrected chi connectivity index (χ0v) is 13.0. The summed E-state index contributed by atoms with van der Waals surface area (Å²) in [5.74, 6) is 0.657. The Kier molecular flexibility index (Phi) is 4.76. The van der Waals surface area contributed by atoms with E-state index in [1.165, 1.54) is 6.26 Å². The van der Waals surface area contributed by atoms with Gasteiger partial charge in [-0.05, 0) is 25.0 Å². The van der Waals surface area contributed by atoms with E-state index >= 15 is 0 Å². The molecule has 124 valence electrons. The lowest BCUT2D eigenvalue weighted by Crippen LogP contribution is -2.40. The highest BCUT2D eigenvalue weighted by atomic mass is 19.1. The van der Waals surface area contributed by atoms with Crippen molar-refractivity contribution in [1.82, 2.24) is 15.4 Å². The molecule has 1 aliphatic rings. The van der Waals surface area contributed by atoms with Gasteiger partial charge in [0.15, 0.2) is 0 Å². The van der Waals surface area contributed by atoms with Crippen molar-refractivity contribution in [1.29, 1.82) is 0 Å². The number of rotatable bonds is 6. The largest absolute Gasteiger partial charge is 0.472 e. The van der Waals surface area contributed by atoms with E-state index in [1.807, 2.05) is 11.8 Å². The summed E-state index contributed by atoms with van der Waals surface area (Å²) < 4.78 is 23.8. The van der Waals surface area contributed by atoms with Gasteiger partial charge in [0, 0.05) is 31.2 Å². The van der Waals surface area contributed by atoms with Crippen LogP contribution in [0.4, 0.5) is 4.39 Å². The van der Waals surface area contributed by atoms with Gasteiger partial charge >= 0.3 is 0 Å². The molecule has 1 N–H and O–H groups in total. The molecule has 23 heavy (non-hydrogen) atoms. The van der Waals surface area contributed by atoms with Gasteiger partial charge in [-0.2, -0.15) is 0 Å². The Morgan fingerprint density at radius 1 is 1.57 bits per heavy atom. The summed E-state index contributed by atoms with van der Waals surface area (Å²) in [5.41, 5.74) is 1.78. The van der Waals surface area contributed by atoms with E-state index in [2.05, 4.69) is 10.5 Å². The van der Waals surface area contributed by atoms with Crippen LogP contribution in [0.2, 0.25) is 0 Å². The first kappa shape index (κ1) is 15.7. The maximum atomic E-state index is 13.8. The Morgan fingerprint density at radius 2 is 2.43 bits per heavy atom. The lowest BCUT2D eigenvalue weighted by molar-refractivity contribution is -0.120. The zero-order chi connectivity index (χ0) is 16.2. The van der Waals surface area contributed by atoms with Crippen LogP contribution in [0, 0.1) is 6.92 Å². The molecule has 0 bridgehead atoms. The Hall–Kier alpha value is -2.15. The number of carbonyl (C=O) groups is 1. The molecule has 3 heterocycles. The van der Waals surface area contributed by atoms with Gasteiger partial charge in [-0.25, -0.2) is 4.39 Å². The van der Waals surface area contributed by atoms with Crippen LogP contribution in [-0.4, -0.2) is 41.3 Å². The summed E-state index contributed by atoms with van der Waals surface area (Å²) in [6, 6.07) is 1.74. The van der Waals surface area contributed by atoms with E-state index < -0.39 is 6.17 Å². The fourth-order valence-electron chi connectivity index (χ4n) is 2.89. The summed E-state index contributed by atoms with van der Waals surface area (Å²) >= 11 is 0. The molecular formula is C16H20FN3O3. The maximum absolute atomic E-state index is 13.8. The first-order chi connectivity index (χ1) is 11.1. The number of hydrogen-bond acceptors (Lipinski definition) is 5. The molecule has 0 unspecified atom stereocenters. The van der Waals surface area contributed by atoms with E-state index in [0.29, 0.717) is 26.1 Å². The molecule has 1 aliphatic heterocycles. The molecule has 2 aromatic heterocycles. The number of amides is 1. The number of alkyl halides is 1. The van der Waals surface area contributed by atoms with Crippen molar-refractivity contribution >= 4 is 5.91 Å². The molecule has 2 aromatic rings. The van der Waals surface area contributed by atoms with E-state index in [1.54, 1.807) is 18.5 Å². The van der Waals surface area contributed by atoms with Crippen LogP contribution < -0.4 is 5.32 Å². The number of aryl methyl sites for hydroxylation is 1. The number of hydrogen-bond donors (Lipinski definition) is 1. The average Bonchev–Trinajstić information content (AvgIpc) is 3.22. The Labute approximate surface area is 133 Å². The van der Waals surface area contributed by atoms with Crippen LogP contribution in [-0.2, 0) is 17.8 Å². The van der Waals surface area contributed by atoms with E-state index in [9.17, 15) is 9.18 Å². The molecule has 3 rings (SSSR count). The minimum atomic E-state index is -0.869. The molecule has 0 saturated carbocycles. The SMILES string of the molecule is Cc1oncc1CN1C[C@@H](F)C[C@H]1CNC(=O)Cc1ccoc1. The van der Waals surface area contributed by atoms with Gasteiger partial charge < -0.3 is 14.3 Å². The van der Waals surface area contributed by atoms with Crippen molar-refractivity contribution in [3.05, 3.63) is 41.7 Å². The molecule has 0 spiro atoms. The van der Waals surface area contributed by atoms with Gasteiger partial charge in [0.05, 0.1) is 25.1 Å². The van der Waals surface area contributed by atoms with Crippen molar-refractivity contribution in [2.24, 2.45) is 0 Å². The average molecular weight is 321 g/mol. The van der Waals surface area contributed by atoms with Crippen LogP contribution in [0.15, 0.2) is 33.7 Å². The highest BCUT2D eigenvalue weighted by Crippen LogP contribution is 2.23. The standard InChI is InChI=1S/C16H20FN3O3/c1-11-13(6-19-23-11)8-20-9-14(17)5-15(20)7-18-16(21)4-12-2-3-22-10-12/h2-3,6,10,14-15H,4-5,7-9H2,1H3,(H,18,21)/t14-,15-/m0/s1. The first-order valence-corrected chi connectivity index (χ1v) is 7.68. The highest BCUT2D eigenvalue weighted by molar-refractivity contribution is 5.78. The van der Waals surface area contributed by atoms with Gasteiger partial charge in [0.2, 0.25) is 5.91 Å². The van der Waals surface area contributed by atoms with E-state index in [0.717, 1.165) is 16.9 Å². The van der Waals surface area contributed by atoms with E-state index in [4.69, 9.17) is 8.94 Å². The molecule has 1 amide bonds. The fraction of sp³-hybridized carbons (Fsp3) is 0.500. The van der Waals surface area contributed by atoms with Crippen LogP contribution in [0.25, 0.3) is 0 Å². The van der Waals surface area contributed by atoms with Crippen LogP contribution in [0.3, 0.4) is 0 Å². The molecule has 7 heteroatoms. The van der Waals surface area contributed by atoms with Crippen LogP contribution in [0.1, 0.15) is 23.3 Å². The summed E-state index contributed by atoms with van der Waals surface area (Å²) in [7, 11) is 0. The fourth-order valence-corrected chi connectivity index (χ4v) is 2.89. The number of carbonyl (C=O) groups excluding carboxylic acids is 1. The quantitative estimate of drug-likeness (QED) is 0.879. The van der Waals surface area contributed by atoms with E-state index in [-0.39, 0.29) is 18.4 Å². The molecule has 0 radical (unpaired) electrons. The minimum absolute atomic E-state index is 0.0207. The number of nitrogens with one attached hydrogen (secondary N) is 1. The minimum Gasteiger partial charge on any atom is -0.472 e. The summed E-state index contributed by atoms with van der Waals surface area (Å²) in [6.07, 6.45) is 4.58. The Bertz CT molecular complexity index is 641. The number of likely N-dealkylation sites (tertiary alicyclic amines) is 1. The number of aromatic nitrogens is 1. The number of furan rings is 1. The van der Waals surface area contributed by atoms with Gasteiger partial charge in [-0.3, -0.25) is 9.69 Å². The number of nitrogens with zero attached hydrogens (tertiary/aromatic N) is 2. The highest BCUT2D eigenvalue weighted by Gasteiger charge is 2.32.